The van der Waals surface area contributed by atoms with Crippen LogP contribution >= 0.6 is 0 Å². The SMILES string of the molecule is CN(c1nccc(=O)n1C(=O)OCc1ccccc1)C1CCN(c2nc3ccccc3n2Cc2ccc(F)cc2)CC1. The van der Waals surface area contributed by atoms with E-state index in [-0.39, 0.29) is 24.4 Å². The Morgan fingerprint density at radius 3 is 2.43 bits per heavy atom. The molecule has 1 saturated heterocycles. The van der Waals surface area contributed by atoms with Crippen molar-refractivity contribution in [1.29, 1.82) is 0 Å². The molecule has 6 rings (SSSR count). The first-order valence-electron chi connectivity index (χ1n) is 13.9. The molecular formula is C32H31FN6O3. The number of nitrogens with zero attached hydrogens (tertiary/aromatic N) is 6. The summed E-state index contributed by atoms with van der Waals surface area (Å²) in [6.45, 7) is 2.07. The van der Waals surface area contributed by atoms with E-state index >= 15 is 0 Å². The van der Waals surface area contributed by atoms with E-state index < -0.39 is 11.7 Å². The molecule has 1 fully saturated rings. The molecule has 10 heteroatoms. The number of piperidine rings is 1. The number of fused-ring (bicyclic) bond motifs is 1. The Labute approximate surface area is 242 Å². The molecule has 0 N–H and O–H groups in total. The zero-order valence-electron chi connectivity index (χ0n) is 23.3. The van der Waals surface area contributed by atoms with E-state index in [0.717, 1.165) is 58.6 Å². The van der Waals surface area contributed by atoms with Gasteiger partial charge < -0.3 is 19.1 Å². The molecule has 1 aliphatic rings. The van der Waals surface area contributed by atoms with Crippen LogP contribution in [0.5, 0.6) is 0 Å². The zero-order chi connectivity index (χ0) is 29.1. The fourth-order valence-electron chi connectivity index (χ4n) is 5.45. The smallest absolute Gasteiger partial charge is 0.424 e. The predicted octanol–water partition coefficient (Wildman–Crippen LogP) is 5.07. The van der Waals surface area contributed by atoms with Crippen LogP contribution in [0.4, 0.5) is 21.1 Å². The van der Waals surface area contributed by atoms with E-state index in [2.05, 4.69) is 14.5 Å². The summed E-state index contributed by atoms with van der Waals surface area (Å²) in [6, 6.07) is 25.2. The van der Waals surface area contributed by atoms with Crippen LogP contribution in [-0.4, -0.2) is 51.4 Å². The average molecular weight is 567 g/mol. The number of halogens is 1. The number of ether oxygens (including phenoxy) is 1. The Balaban J connectivity index is 1.19. The van der Waals surface area contributed by atoms with E-state index in [1.807, 2.05) is 66.5 Å². The van der Waals surface area contributed by atoms with Gasteiger partial charge in [0.25, 0.3) is 5.56 Å². The van der Waals surface area contributed by atoms with Crippen LogP contribution in [0.3, 0.4) is 0 Å². The van der Waals surface area contributed by atoms with E-state index in [1.54, 1.807) is 12.1 Å². The largest absolute Gasteiger partial charge is 0.444 e. The number of para-hydroxylation sites is 2. The first-order valence-corrected chi connectivity index (χ1v) is 13.9. The van der Waals surface area contributed by atoms with Crippen molar-refractivity contribution in [2.45, 2.75) is 32.0 Å². The fourth-order valence-corrected chi connectivity index (χ4v) is 5.45. The second-order valence-electron chi connectivity index (χ2n) is 10.4. The number of benzene rings is 3. The van der Waals surface area contributed by atoms with Gasteiger partial charge in [0.2, 0.25) is 11.9 Å². The Morgan fingerprint density at radius 1 is 0.952 bits per heavy atom. The lowest BCUT2D eigenvalue weighted by Crippen LogP contribution is -2.46. The first-order chi connectivity index (χ1) is 20.5. The van der Waals surface area contributed by atoms with Gasteiger partial charge in [0.05, 0.1) is 17.6 Å². The van der Waals surface area contributed by atoms with Gasteiger partial charge in [0, 0.05) is 38.4 Å². The number of aromatic nitrogens is 4. The maximum absolute atomic E-state index is 13.5. The van der Waals surface area contributed by atoms with Crippen molar-refractivity contribution in [3.8, 4) is 0 Å². The number of imidazole rings is 1. The number of hydrogen-bond donors (Lipinski definition) is 0. The van der Waals surface area contributed by atoms with Gasteiger partial charge in [-0.25, -0.2) is 19.2 Å². The normalized spacial score (nSPS) is 13.8. The maximum atomic E-state index is 13.5. The molecule has 3 aromatic carbocycles. The van der Waals surface area contributed by atoms with Gasteiger partial charge in [-0.15, -0.1) is 0 Å². The zero-order valence-corrected chi connectivity index (χ0v) is 23.3. The maximum Gasteiger partial charge on any atom is 0.424 e. The van der Waals surface area contributed by atoms with Gasteiger partial charge in [-0.1, -0.05) is 54.6 Å². The molecule has 0 aliphatic carbocycles. The molecule has 0 radical (unpaired) electrons. The van der Waals surface area contributed by atoms with Crippen LogP contribution in [0.1, 0.15) is 24.0 Å². The van der Waals surface area contributed by atoms with Crippen molar-refractivity contribution < 1.29 is 13.9 Å². The van der Waals surface area contributed by atoms with Gasteiger partial charge in [-0.3, -0.25) is 4.79 Å². The minimum atomic E-state index is -0.759. The topological polar surface area (TPSA) is 85.5 Å². The van der Waals surface area contributed by atoms with Gasteiger partial charge in [-0.2, -0.15) is 4.57 Å². The molecule has 214 valence electrons. The van der Waals surface area contributed by atoms with Crippen LogP contribution in [0.15, 0.2) is 95.9 Å². The van der Waals surface area contributed by atoms with Crippen molar-refractivity contribution in [3.05, 3.63) is 118 Å². The third-order valence-corrected chi connectivity index (χ3v) is 7.71. The molecule has 9 nitrogen and oxygen atoms in total. The van der Waals surface area contributed by atoms with Gasteiger partial charge >= 0.3 is 6.09 Å². The molecule has 5 aromatic rings. The van der Waals surface area contributed by atoms with Crippen molar-refractivity contribution in [2.75, 3.05) is 29.9 Å². The van der Waals surface area contributed by atoms with Crippen molar-refractivity contribution >= 4 is 29.0 Å². The Kier molecular flexibility index (Phi) is 7.68. The molecule has 42 heavy (non-hydrogen) atoms. The highest BCUT2D eigenvalue weighted by Crippen LogP contribution is 2.28. The average Bonchev–Trinajstić information content (AvgIpc) is 3.39. The molecule has 3 heterocycles. The predicted molar refractivity (Wildman–Crippen MR) is 159 cm³/mol. The third kappa shape index (κ3) is 5.60. The summed E-state index contributed by atoms with van der Waals surface area (Å²) in [7, 11) is 1.85. The standard InChI is InChI=1S/C32H31FN6O3/c1-36(30-34-18-15-29(40)39(30)32(41)42-22-24-7-3-2-4-8-24)26-16-19-37(20-17-26)31-35-27-9-5-6-10-28(27)38(31)21-23-11-13-25(33)14-12-23/h2-15,18,26H,16-17,19-22H2,1H3. The van der Waals surface area contributed by atoms with Gasteiger partial charge in [0.15, 0.2) is 0 Å². The quantitative estimate of drug-likeness (QED) is 0.272. The van der Waals surface area contributed by atoms with Crippen LogP contribution in [0.2, 0.25) is 0 Å². The second kappa shape index (κ2) is 11.9. The monoisotopic (exact) mass is 566 g/mol. The summed E-state index contributed by atoms with van der Waals surface area (Å²) in [6.07, 6.45) is 2.19. The van der Waals surface area contributed by atoms with E-state index in [0.29, 0.717) is 6.54 Å². The summed E-state index contributed by atoms with van der Waals surface area (Å²) in [5.74, 6) is 0.854. The summed E-state index contributed by atoms with van der Waals surface area (Å²) in [5, 5.41) is 0. The highest BCUT2D eigenvalue weighted by atomic mass is 19.1. The van der Waals surface area contributed by atoms with Crippen molar-refractivity contribution in [1.82, 2.24) is 19.1 Å². The molecule has 0 unspecified atom stereocenters. The highest BCUT2D eigenvalue weighted by molar-refractivity contribution is 5.79. The number of carbonyl (C=O) groups is 1. The lowest BCUT2D eigenvalue weighted by atomic mass is 10.0. The molecule has 2 aromatic heterocycles. The minimum Gasteiger partial charge on any atom is -0.444 e. The molecular weight excluding hydrogens is 535 g/mol. The minimum absolute atomic E-state index is 0.0404. The molecule has 0 amide bonds. The Bertz CT molecular complexity index is 1740. The first kappa shape index (κ1) is 27.2. The van der Waals surface area contributed by atoms with E-state index in [1.165, 1.54) is 24.4 Å². The molecule has 0 atom stereocenters. The van der Waals surface area contributed by atoms with Crippen LogP contribution in [0.25, 0.3) is 11.0 Å². The van der Waals surface area contributed by atoms with Gasteiger partial charge in [-0.05, 0) is 48.2 Å². The lowest BCUT2D eigenvalue weighted by Gasteiger charge is -2.38. The third-order valence-electron chi connectivity index (χ3n) is 7.71. The lowest BCUT2D eigenvalue weighted by molar-refractivity contribution is 0.140. The summed E-state index contributed by atoms with van der Waals surface area (Å²) in [5.41, 5.74) is 3.25. The van der Waals surface area contributed by atoms with Crippen molar-refractivity contribution in [2.24, 2.45) is 0 Å². The van der Waals surface area contributed by atoms with Crippen LogP contribution in [-0.2, 0) is 17.9 Å². The summed E-state index contributed by atoms with van der Waals surface area (Å²) in [4.78, 5) is 39.3. The summed E-state index contributed by atoms with van der Waals surface area (Å²) < 4.78 is 22.2. The Hall–Kier alpha value is -4.99. The number of anilines is 2. The van der Waals surface area contributed by atoms with Crippen LogP contribution < -0.4 is 15.4 Å². The van der Waals surface area contributed by atoms with E-state index in [4.69, 9.17) is 9.72 Å². The van der Waals surface area contributed by atoms with E-state index in [9.17, 15) is 14.0 Å². The number of carbonyl (C=O) groups excluding carboxylic acids is 1. The molecule has 0 bridgehead atoms. The Morgan fingerprint density at radius 2 is 1.67 bits per heavy atom. The summed E-state index contributed by atoms with van der Waals surface area (Å²) >= 11 is 0. The molecule has 0 spiro atoms. The van der Waals surface area contributed by atoms with Gasteiger partial charge in [0.1, 0.15) is 12.4 Å². The highest BCUT2D eigenvalue weighted by Gasteiger charge is 2.29. The van der Waals surface area contributed by atoms with Crippen LogP contribution in [0, 0.1) is 5.82 Å². The second-order valence-corrected chi connectivity index (χ2v) is 10.4. The van der Waals surface area contributed by atoms with Crippen molar-refractivity contribution in [3.63, 3.8) is 0 Å². The number of hydrogen-bond acceptors (Lipinski definition) is 7. The fraction of sp³-hybridized carbons (Fsp3) is 0.250. The number of rotatable bonds is 7. The molecule has 1 aliphatic heterocycles. The molecule has 0 saturated carbocycles.